The van der Waals surface area contributed by atoms with Gasteiger partial charge in [-0.05, 0) is 37.1 Å². The summed E-state index contributed by atoms with van der Waals surface area (Å²) in [5.74, 6) is 0.445. The Bertz CT molecular complexity index is 943. The summed E-state index contributed by atoms with van der Waals surface area (Å²) in [6.45, 7) is 3.82. The minimum Gasteiger partial charge on any atom is -0.493 e. The van der Waals surface area contributed by atoms with E-state index in [4.69, 9.17) is 9.47 Å². The molecule has 0 radical (unpaired) electrons. The van der Waals surface area contributed by atoms with Crippen molar-refractivity contribution < 1.29 is 22.7 Å². The van der Waals surface area contributed by atoms with Crippen LogP contribution in [0.2, 0.25) is 0 Å². The molecule has 7 nitrogen and oxygen atoms in total. The van der Waals surface area contributed by atoms with Gasteiger partial charge in [0.25, 0.3) is 0 Å². The van der Waals surface area contributed by atoms with E-state index in [9.17, 15) is 13.2 Å². The molecule has 1 amide bonds. The summed E-state index contributed by atoms with van der Waals surface area (Å²) < 4.78 is 36.4. The van der Waals surface area contributed by atoms with Crippen molar-refractivity contribution in [2.45, 2.75) is 26.4 Å². The molecule has 152 valence electrons. The van der Waals surface area contributed by atoms with Crippen LogP contribution in [0.3, 0.4) is 0 Å². The van der Waals surface area contributed by atoms with Crippen molar-refractivity contribution in [3.63, 3.8) is 0 Å². The number of hydrogen-bond acceptors (Lipinski definition) is 5. The standard InChI is InChI=1S/C20H26N2O5S/c1-14-8-6-7-9-16(14)13-21-20(23)15(2)22(28(5,24)25)17-10-11-18(26-3)19(12-17)27-4/h6-12,15H,13H2,1-5H3,(H,21,23). The highest BCUT2D eigenvalue weighted by molar-refractivity contribution is 7.92. The molecular weight excluding hydrogens is 380 g/mol. The summed E-state index contributed by atoms with van der Waals surface area (Å²) in [6.07, 6.45) is 1.06. The van der Waals surface area contributed by atoms with Crippen LogP contribution in [0.15, 0.2) is 42.5 Å². The van der Waals surface area contributed by atoms with Crippen molar-refractivity contribution in [3.8, 4) is 11.5 Å². The van der Waals surface area contributed by atoms with Crippen molar-refractivity contribution in [1.29, 1.82) is 0 Å². The molecule has 0 aliphatic heterocycles. The predicted molar refractivity (Wildman–Crippen MR) is 109 cm³/mol. The number of rotatable bonds is 8. The number of carbonyl (C=O) groups excluding carboxylic acids is 1. The SMILES string of the molecule is COc1ccc(N(C(C)C(=O)NCc2ccccc2C)S(C)(=O)=O)cc1OC. The van der Waals surface area contributed by atoms with Gasteiger partial charge in [0.2, 0.25) is 15.9 Å². The van der Waals surface area contributed by atoms with Crippen LogP contribution < -0.4 is 19.1 Å². The minimum absolute atomic E-state index is 0.318. The molecule has 0 heterocycles. The monoisotopic (exact) mass is 406 g/mol. The molecule has 8 heteroatoms. The first-order valence-corrected chi connectivity index (χ1v) is 10.6. The second kappa shape index (κ2) is 8.97. The maximum atomic E-state index is 12.7. The molecule has 0 fully saturated rings. The van der Waals surface area contributed by atoms with Crippen LogP contribution in [0, 0.1) is 6.92 Å². The van der Waals surface area contributed by atoms with Crippen LogP contribution in [0.25, 0.3) is 0 Å². The zero-order valence-corrected chi connectivity index (χ0v) is 17.5. The minimum atomic E-state index is -3.72. The number of nitrogens with zero attached hydrogens (tertiary/aromatic N) is 1. The second-order valence-corrected chi connectivity index (χ2v) is 8.28. The summed E-state index contributed by atoms with van der Waals surface area (Å²) in [7, 11) is -0.765. The van der Waals surface area contributed by atoms with Crippen molar-refractivity contribution in [3.05, 3.63) is 53.6 Å². The Morgan fingerprint density at radius 3 is 2.32 bits per heavy atom. The average molecular weight is 407 g/mol. The van der Waals surface area contributed by atoms with Crippen LogP contribution in [-0.2, 0) is 21.4 Å². The van der Waals surface area contributed by atoms with Crippen molar-refractivity contribution in [2.75, 3.05) is 24.8 Å². The summed E-state index contributed by atoms with van der Waals surface area (Å²) >= 11 is 0. The third kappa shape index (κ3) is 4.95. The van der Waals surface area contributed by atoms with Gasteiger partial charge >= 0.3 is 0 Å². The smallest absolute Gasteiger partial charge is 0.243 e. The first kappa shape index (κ1) is 21.6. The summed E-state index contributed by atoms with van der Waals surface area (Å²) in [6, 6.07) is 11.5. The molecule has 0 saturated heterocycles. The maximum Gasteiger partial charge on any atom is 0.243 e. The molecule has 1 atom stereocenters. The highest BCUT2D eigenvalue weighted by atomic mass is 32.2. The number of hydrogen-bond donors (Lipinski definition) is 1. The maximum absolute atomic E-state index is 12.7. The summed E-state index contributed by atoms with van der Waals surface area (Å²) in [4.78, 5) is 12.7. The topological polar surface area (TPSA) is 84.9 Å². The van der Waals surface area contributed by atoms with Crippen LogP contribution in [-0.4, -0.2) is 40.8 Å². The highest BCUT2D eigenvalue weighted by Gasteiger charge is 2.29. The number of methoxy groups -OCH3 is 2. The van der Waals surface area contributed by atoms with Gasteiger partial charge in [-0.2, -0.15) is 0 Å². The lowest BCUT2D eigenvalue weighted by Crippen LogP contribution is -2.47. The lowest BCUT2D eigenvalue weighted by molar-refractivity contribution is -0.122. The number of nitrogens with one attached hydrogen (secondary N) is 1. The van der Waals surface area contributed by atoms with E-state index < -0.39 is 22.0 Å². The predicted octanol–water partition coefficient (Wildman–Crippen LogP) is 2.48. The van der Waals surface area contributed by atoms with E-state index >= 15 is 0 Å². The number of benzene rings is 2. The van der Waals surface area contributed by atoms with E-state index in [2.05, 4.69) is 5.32 Å². The van der Waals surface area contributed by atoms with E-state index in [-0.39, 0.29) is 0 Å². The fourth-order valence-corrected chi connectivity index (χ4v) is 4.08. The summed E-state index contributed by atoms with van der Waals surface area (Å²) in [5, 5.41) is 2.81. The molecule has 0 spiro atoms. The van der Waals surface area contributed by atoms with E-state index in [0.717, 1.165) is 21.7 Å². The van der Waals surface area contributed by atoms with Gasteiger partial charge in [0.1, 0.15) is 6.04 Å². The Labute approximate surface area is 166 Å². The van der Waals surface area contributed by atoms with Gasteiger partial charge in [-0.1, -0.05) is 24.3 Å². The van der Waals surface area contributed by atoms with Gasteiger partial charge in [0.15, 0.2) is 11.5 Å². The van der Waals surface area contributed by atoms with Gasteiger partial charge in [0.05, 0.1) is 26.2 Å². The normalized spacial score (nSPS) is 12.2. The van der Waals surface area contributed by atoms with Crippen LogP contribution in [0.4, 0.5) is 5.69 Å². The van der Waals surface area contributed by atoms with E-state index in [1.54, 1.807) is 19.1 Å². The molecule has 0 aromatic heterocycles. The van der Waals surface area contributed by atoms with E-state index in [0.29, 0.717) is 23.7 Å². The molecule has 0 aliphatic rings. The average Bonchev–Trinajstić information content (AvgIpc) is 2.65. The number of sulfonamides is 1. The second-order valence-electron chi connectivity index (χ2n) is 6.42. The molecular formula is C20H26N2O5S. The van der Waals surface area contributed by atoms with Crippen molar-refractivity contribution in [2.24, 2.45) is 0 Å². The van der Waals surface area contributed by atoms with E-state index in [1.165, 1.54) is 20.3 Å². The largest absolute Gasteiger partial charge is 0.493 e. The van der Waals surface area contributed by atoms with Gasteiger partial charge in [-0.25, -0.2) is 8.42 Å². The number of ether oxygens (including phenoxy) is 2. The van der Waals surface area contributed by atoms with Crippen LogP contribution in [0.5, 0.6) is 11.5 Å². The lowest BCUT2D eigenvalue weighted by Gasteiger charge is -2.28. The molecule has 2 aromatic rings. The number of aryl methyl sites for hydroxylation is 1. The van der Waals surface area contributed by atoms with Crippen LogP contribution >= 0.6 is 0 Å². The highest BCUT2D eigenvalue weighted by Crippen LogP contribution is 2.33. The fraction of sp³-hybridized carbons (Fsp3) is 0.350. The molecule has 0 aliphatic carbocycles. The number of anilines is 1. The van der Waals surface area contributed by atoms with Crippen LogP contribution in [0.1, 0.15) is 18.1 Å². The zero-order chi connectivity index (χ0) is 20.9. The number of amides is 1. The van der Waals surface area contributed by atoms with E-state index in [1.807, 2.05) is 31.2 Å². The Kier molecular flexibility index (Phi) is 6.90. The van der Waals surface area contributed by atoms with Gasteiger partial charge in [-0.15, -0.1) is 0 Å². The zero-order valence-electron chi connectivity index (χ0n) is 16.7. The molecule has 1 unspecified atom stereocenters. The number of carbonyl (C=O) groups is 1. The Hall–Kier alpha value is -2.74. The third-order valence-electron chi connectivity index (χ3n) is 4.42. The van der Waals surface area contributed by atoms with Gasteiger partial charge < -0.3 is 14.8 Å². The lowest BCUT2D eigenvalue weighted by atomic mass is 10.1. The van der Waals surface area contributed by atoms with Gasteiger partial charge in [-0.3, -0.25) is 9.10 Å². The molecule has 1 N–H and O–H groups in total. The Morgan fingerprint density at radius 1 is 1.11 bits per heavy atom. The summed E-state index contributed by atoms with van der Waals surface area (Å²) in [5.41, 5.74) is 2.34. The molecule has 28 heavy (non-hydrogen) atoms. The first-order chi connectivity index (χ1) is 13.2. The third-order valence-corrected chi connectivity index (χ3v) is 5.67. The quantitative estimate of drug-likeness (QED) is 0.728. The van der Waals surface area contributed by atoms with Gasteiger partial charge in [0, 0.05) is 12.6 Å². The Balaban J connectivity index is 2.28. The van der Waals surface area contributed by atoms with Crippen molar-refractivity contribution >= 4 is 21.6 Å². The Morgan fingerprint density at radius 2 is 1.75 bits per heavy atom. The fourth-order valence-electron chi connectivity index (χ4n) is 2.91. The molecule has 2 aromatic carbocycles. The van der Waals surface area contributed by atoms with Crippen molar-refractivity contribution in [1.82, 2.24) is 5.32 Å². The molecule has 0 saturated carbocycles. The first-order valence-electron chi connectivity index (χ1n) is 8.72. The molecule has 0 bridgehead atoms. The molecule has 2 rings (SSSR count).